The van der Waals surface area contributed by atoms with Crippen LogP contribution in [0.25, 0.3) is 0 Å². The van der Waals surface area contributed by atoms with Crippen LogP contribution < -0.4 is 10.1 Å². The normalized spacial score (nSPS) is 23.3. The summed E-state index contributed by atoms with van der Waals surface area (Å²) < 4.78 is 5.26. The molecule has 0 spiro atoms. The number of carboxylic acids is 1. The smallest absolute Gasteiger partial charge is 0.317 e. The molecule has 1 heterocycles. The number of carbonyl (C=O) groups excluding carboxylic acids is 1. The quantitative estimate of drug-likeness (QED) is 0.891. The van der Waals surface area contributed by atoms with Gasteiger partial charge in [-0.3, -0.25) is 4.79 Å². The number of nitrogens with zero attached hydrogens (tertiary/aromatic N) is 1. The molecule has 1 aromatic rings. The van der Waals surface area contributed by atoms with Gasteiger partial charge in [0.25, 0.3) is 0 Å². The minimum absolute atomic E-state index is 0.0535. The topological polar surface area (TPSA) is 78.9 Å². The first kappa shape index (κ1) is 16.6. The number of fused-ring (bicyclic) bond motifs is 1. The Morgan fingerprint density at radius 2 is 1.96 bits per heavy atom. The summed E-state index contributed by atoms with van der Waals surface area (Å²) in [4.78, 5) is 25.3. The van der Waals surface area contributed by atoms with Gasteiger partial charge in [0.15, 0.2) is 0 Å². The number of hydrogen-bond acceptors (Lipinski definition) is 3. The van der Waals surface area contributed by atoms with Crippen molar-refractivity contribution in [3.8, 4) is 5.75 Å². The maximum absolute atomic E-state index is 12.5. The average molecular weight is 332 g/mol. The van der Waals surface area contributed by atoms with Gasteiger partial charge in [-0.15, -0.1) is 0 Å². The molecule has 1 aliphatic heterocycles. The molecule has 3 rings (SSSR count). The fourth-order valence-corrected chi connectivity index (χ4v) is 3.58. The molecule has 0 bridgehead atoms. The number of hydrogen-bond donors (Lipinski definition) is 2. The molecular formula is C18H24N2O4. The zero-order chi connectivity index (χ0) is 17.1. The van der Waals surface area contributed by atoms with Crippen LogP contribution in [-0.2, 0) is 17.8 Å². The third kappa shape index (κ3) is 3.63. The molecule has 0 saturated heterocycles. The lowest BCUT2D eigenvalue weighted by atomic mass is 9.86. The number of carbonyl (C=O) groups is 2. The number of methoxy groups -OCH3 is 1. The van der Waals surface area contributed by atoms with Gasteiger partial charge in [0, 0.05) is 19.1 Å². The fourth-order valence-electron chi connectivity index (χ4n) is 3.58. The predicted molar refractivity (Wildman–Crippen MR) is 89.0 cm³/mol. The van der Waals surface area contributed by atoms with Crippen LogP contribution in [0.3, 0.4) is 0 Å². The van der Waals surface area contributed by atoms with E-state index in [4.69, 9.17) is 9.84 Å². The van der Waals surface area contributed by atoms with Gasteiger partial charge < -0.3 is 20.1 Å². The van der Waals surface area contributed by atoms with E-state index in [1.807, 2.05) is 17.0 Å². The van der Waals surface area contributed by atoms with Crippen molar-refractivity contribution < 1.29 is 19.4 Å². The van der Waals surface area contributed by atoms with Crippen LogP contribution in [0, 0.1) is 5.92 Å². The zero-order valence-electron chi connectivity index (χ0n) is 14.0. The maximum atomic E-state index is 12.5. The van der Waals surface area contributed by atoms with Crippen LogP contribution in [0.2, 0.25) is 0 Å². The van der Waals surface area contributed by atoms with E-state index in [1.54, 1.807) is 7.11 Å². The molecule has 0 aromatic heterocycles. The van der Waals surface area contributed by atoms with Crippen LogP contribution >= 0.6 is 0 Å². The summed E-state index contributed by atoms with van der Waals surface area (Å²) in [6, 6.07) is 6.04. The summed E-state index contributed by atoms with van der Waals surface area (Å²) in [7, 11) is 1.64. The second-order valence-electron chi connectivity index (χ2n) is 6.64. The molecule has 6 nitrogen and oxygen atoms in total. The SMILES string of the molecule is COc1ccc2c(c1)CN(C(=O)NC1CCC(C(=O)O)CC1)CC2. The summed E-state index contributed by atoms with van der Waals surface area (Å²) in [6.07, 6.45) is 3.60. The molecule has 1 fully saturated rings. The number of aliphatic carboxylic acids is 1. The molecule has 1 aromatic carbocycles. The Balaban J connectivity index is 1.55. The van der Waals surface area contributed by atoms with Gasteiger partial charge in [-0.05, 0) is 55.4 Å². The first-order chi connectivity index (χ1) is 11.6. The average Bonchev–Trinajstić information content (AvgIpc) is 2.61. The second kappa shape index (κ2) is 7.11. The van der Waals surface area contributed by atoms with Gasteiger partial charge in [0.05, 0.1) is 13.0 Å². The Hall–Kier alpha value is -2.24. The summed E-state index contributed by atoms with van der Waals surface area (Å²) in [6.45, 7) is 1.29. The van der Waals surface area contributed by atoms with E-state index in [0.717, 1.165) is 30.6 Å². The van der Waals surface area contributed by atoms with E-state index >= 15 is 0 Å². The minimum atomic E-state index is -0.721. The standard InChI is InChI=1S/C18H24N2O4/c1-24-16-7-4-12-8-9-20(11-14(12)10-16)18(23)19-15-5-2-13(3-6-15)17(21)22/h4,7,10,13,15H,2-3,5-6,8-9,11H2,1H3,(H,19,23)(H,21,22). The van der Waals surface area contributed by atoms with Crippen molar-refractivity contribution in [1.82, 2.24) is 10.2 Å². The Morgan fingerprint density at radius 3 is 2.62 bits per heavy atom. The summed E-state index contributed by atoms with van der Waals surface area (Å²) >= 11 is 0. The van der Waals surface area contributed by atoms with E-state index in [0.29, 0.717) is 25.9 Å². The van der Waals surface area contributed by atoms with E-state index in [-0.39, 0.29) is 18.0 Å². The third-order valence-electron chi connectivity index (χ3n) is 5.12. The molecule has 130 valence electrons. The van der Waals surface area contributed by atoms with Gasteiger partial charge >= 0.3 is 12.0 Å². The molecule has 2 amide bonds. The molecule has 1 saturated carbocycles. The van der Waals surface area contributed by atoms with Crippen molar-refractivity contribution in [1.29, 1.82) is 0 Å². The Morgan fingerprint density at radius 1 is 1.21 bits per heavy atom. The van der Waals surface area contributed by atoms with E-state index in [2.05, 4.69) is 11.4 Å². The minimum Gasteiger partial charge on any atom is -0.497 e. The Bertz CT molecular complexity index is 623. The van der Waals surface area contributed by atoms with Gasteiger partial charge in [0.2, 0.25) is 0 Å². The molecule has 0 unspecified atom stereocenters. The highest BCUT2D eigenvalue weighted by Gasteiger charge is 2.28. The fraction of sp³-hybridized carbons (Fsp3) is 0.556. The lowest BCUT2D eigenvalue weighted by molar-refractivity contribution is -0.142. The number of rotatable bonds is 3. The van der Waals surface area contributed by atoms with Crippen LogP contribution in [0.4, 0.5) is 4.79 Å². The molecular weight excluding hydrogens is 308 g/mol. The zero-order valence-corrected chi connectivity index (χ0v) is 14.0. The molecule has 6 heteroatoms. The summed E-state index contributed by atoms with van der Waals surface area (Å²) in [5.74, 6) is -0.170. The lowest BCUT2D eigenvalue weighted by Crippen LogP contribution is -2.47. The number of benzene rings is 1. The van der Waals surface area contributed by atoms with Crippen molar-refractivity contribution in [2.45, 2.75) is 44.7 Å². The number of carboxylic acid groups (broad SMARTS) is 1. The van der Waals surface area contributed by atoms with Crippen LogP contribution in [-0.4, -0.2) is 41.7 Å². The van der Waals surface area contributed by atoms with E-state index in [9.17, 15) is 9.59 Å². The van der Waals surface area contributed by atoms with Gasteiger partial charge in [-0.2, -0.15) is 0 Å². The number of urea groups is 1. The van der Waals surface area contributed by atoms with Crippen LogP contribution in [0.15, 0.2) is 18.2 Å². The molecule has 2 N–H and O–H groups in total. The van der Waals surface area contributed by atoms with Crippen molar-refractivity contribution in [2.24, 2.45) is 5.92 Å². The van der Waals surface area contributed by atoms with Gasteiger partial charge in [-0.25, -0.2) is 4.79 Å². The van der Waals surface area contributed by atoms with Gasteiger partial charge in [0.1, 0.15) is 5.75 Å². The second-order valence-corrected chi connectivity index (χ2v) is 6.64. The first-order valence-electron chi connectivity index (χ1n) is 8.51. The highest BCUT2D eigenvalue weighted by Crippen LogP contribution is 2.26. The number of ether oxygens (including phenoxy) is 1. The van der Waals surface area contributed by atoms with Crippen molar-refractivity contribution in [3.63, 3.8) is 0 Å². The molecule has 1 aliphatic carbocycles. The summed E-state index contributed by atoms with van der Waals surface area (Å²) in [5.41, 5.74) is 2.40. The monoisotopic (exact) mass is 332 g/mol. The Labute approximate surface area is 141 Å². The Kier molecular flexibility index (Phi) is 4.92. The van der Waals surface area contributed by atoms with E-state index < -0.39 is 5.97 Å². The maximum Gasteiger partial charge on any atom is 0.317 e. The first-order valence-corrected chi connectivity index (χ1v) is 8.51. The van der Waals surface area contributed by atoms with Crippen LogP contribution in [0.5, 0.6) is 5.75 Å². The largest absolute Gasteiger partial charge is 0.497 e. The molecule has 0 radical (unpaired) electrons. The van der Waals surface area contributed by atoms with Gasteiger partial charge in [-0.1, -0.05) is 6.07 Å². The molecule has 0 atom stereocenters. The third-order valence-corrected chi connectivity index (χ3v) is 5.12. The van der Waals surface area contributed by atoms with Crippen molar-refractivity contribution in [3.05, 3.63) is 29.3 Å². The van der Waals surface area contributed by atoms with Crippen molar-refractivity contribution in [2.75, 3.05) is 13.7 Å². The van der Waals surface area contributed by atoms with Crippen LogP contribution in [0.1, 0.15) is 36.8 Å². The highest BCUT2D eigenvalue weighted by atomic mass is 16.5. The molecule has 2 aliphatic rings. The lowest BCUT2D eigenvalue weighted by Gasteiger charge is -2.33. The van der Waals surface area contributed by atoms with Crippen molar-refractivity contribution >= 4 is 12.0 Å². The molecule has 24 heavy (non-hydrogen) atoms. The highest BCUT2D eigenvalue weighted by molar-refractivity contribution is 5.75. The predicted octanol–water partition coefficient (Wildman–Crippen LogP) is 2.41. The number of amides is 2. The van der Waals surface area contributed by atoms with E-state index in [1.165, 1.54) is 5.56 Å². The summed E-state index contributed by atoms with van der Waals surface area (Å²) in [5, 5.41) is 12.1. The number of nitrogens with one attached hydrogen (secondary N) is 1.